The first-order valence-corrected chi connectivity index (χ1v) is 6.88. The van der Waals surface area contributed by atoms with Gasteiger partial charge >= 0.3 is 0 Å². The van der Waals surface area contributed by atoms with Gasteiger partial charge in [0, 0.05) is 13.2 Å². The summed E-state index contributed by atoms with van der Waals surface area (Å²) in [7, 11) is 0. The molecule has 0 aliphatic carbocycles. The first-order chi connectivity index (χ1) is 9.20. The molecule has 1 saturated heterocycles. The molecule has 1 aromatic rings. The van der Waals surface area contributed by atoms with Crippen LogP contribution in [0.1, 0.15) is 30.9 Å². The molecule has 1 aromatic carbocycles. The molecule has 1 aliphatic rings. The molecule has 1 fully saturated rings. The topological polar surface area (TPSA) is 64.4 Å². The van der Waals surface area contributed by atoms with Crippen LogP contribution in [0.15, 0.2) is 24.3 Å². The first-order valence-electron chi connectivity index (χ1n) is 6.88. The molecule has 1 aliphatic heterocycles. The van der Waals surface area contributed by atoms with Gasteiger partial charge in [-0.1, -0.05) is 24.3 Å². The summed E-state index contributed by atoms with van der Waals surface area (Å²) in [6.45, 7) is 3.27. The summed E-state index contributed by atoms with van der Waals surface area (Å²) in [5, 5.41) is 3.02. The molecule has 2 atom stereocenters. The predicted molar refractivity (Wildman–Crippen MR) is 74.6 cm³/mol. The van der Waals surface area contributed by atoms with Gasteiger partial charge in [0.15, 0.2) is 0 Å². The molecule has 0 aromatic heterocycles. The zero-order valence-electron chi connectivity index (χ0n) is 11.4. The molecule has 0 bridgehead atoms. The van der Waals surface area contributed by atoms with E-state index in [2.05, 4.69) is 5.32 Å². The Balaban J connectivity index is 1.89. The smallest absolute Gasteiger partial charge is 0.224 e. The molecule has 104 valence electrons. The fourth-order valence-electron chi connectivity index (χ4n) is 2.50. The van der Waals surface area contributed by atoms with Gasteiger partial charge in [0.05, 0.1) is 18.6 Å². The lowest BCUT2D eigenvalue weighted by Crippen LogP contribution is -2.41. The van der Waals surface area contributed by atoms with E-state index in [0.717, 1.165) is 30.6 Å². The number of hydrogen-bond acceptors (Lipinski definition) is 3. The van der Waals surface area contributed by atoms with Crippen molar-refractivity contribution in [3.63, 3.8) is 0 Å². The Morgan fingerprint density at radius 2 is 2.21 bits per heavy atom. The quantitative estimate of drug-likeness (QED) is 0.842. The number of amides is 1. The van der Waals surface area contributed by atoms with Gasteiger partial charge in [-0.05, 0) is 30.9 Å². The molecule has 4 nitrogen and oxygen atoms in total. The normalized spacial score (nSPS) is 20.2. The van der Waals surface area contributed by atoms with E-state index in [1.807, 2.05) is 31.2 Å². The minimum Gasteiger partial charge on any atom is -0.376 e. The molecule has 2 rings (SSSR count). The van der Waals surface area contributed by atoms with Gasteiger partial charge in [-0.2, -0.15) is 0 Å². The molecule has 3 N–H and O–H groups in total. The number of rotatable bonds is 5. The van der Waals surface area contributed by atoms with Crippen LogP contribution in [0.3, 0.4) is 0 Å². The van der Waals surface area contributed by atoms with E-state index < -0.39 is 0 Å². The Bertz CT molecular complexity index is 428. The van der Waals surface area contributed by atoms with Gasteiger partial charge in [0.25, 0.3) is 0 Å². The van der Waals surface area contributed by atoms with Crippen LogP contribution < -0.4 is 11.1 Å². The van der Waals surface area contributed by atoms with Crippen molar-refractivity contribution >= 4 is 5.91 Å². The van der Waals surface area contributed by atoms with Crippen LogP contribution in [0.25, 0.3) is 0 Å². The Labute approximate surface area is 114 Å². The van der Waals surface area contributed by atoms with E-state index >= 15 is 0 Å². The number of carbonyl (C=O) groups excluding carboxylic acids is 1. The highest BCUT2D eigenvalue weighted by atomic mass is 16.5. The standard InChI is InChI=1S/C15H22N2O2/c1-11(14-7-4-8-19-14)17-15(18)9-12-5-2-3-6-13(12)10-16/h2-3,5-6,11,14H,4,7-10,16H2,1H3,(H,17,18). The van der Waals surface area contributed by atoms with Crippen molar-refractivity contribution in [1.82, 2.24) is 5.32 Å². The van der Waals surface area contributed by atoms with Gasteiger partial charge in [-0.25, -0.2) is 0 Å². The minimum atomic E-state index is 0.0314. The lowest BCUT2D eigenvalue weighted by Gasteiger charge is -2.20. The van der Waals surface area contributed by atoms with Crippen LogP contribution in [0.5, 0.6) is 0 Å². The van der Waals surface area contributed by atoms with Crippen molar-refractivity contribution in [2.24, 2.45) is 5.73 Å². The zero-order valence-corrected chi connectivity index (χ0v) is 11.4. The highest BCUT2D eigenvalue weighted by molar-refractivity contribution is 5.79. The number of nitrogens with one attached hydrogen (secondary N) is 1. The Kier molecular flexibility index (Phi) is 4.93. The molecule has 2 unspecified atom stereocenters. The first kappa shape index (κ1) is 14.0. The monoisotopic (exact) mass is 262 g/mol. The highest BCUT2D eigenvalue weighted by Crippen LogP contribution is 2.15. The van der Waals surface area contributed by atoms with Crippen LogP contribution in [0.2, 0.25) is 0 Å². The summed E-state index contributed by atoms with van der Waals surface area (Å²) < 4.78 is 5.58. The zero-order chi connectivity index (χ0) is 13.7. The molecular formula is C15H22N2O2. The Morgan fingerprint density at radius 1 is 1.47 bits per heavy atom. The Morgan fingerprint density at radius 3 is 2.84 bits per heavy atom. The minimum absolute atomic E-state index is 0.0314. The van der Waals surface area contributed by atoms with Gasteiger partial charge in [-0.3, -0.25) is 4.79 Å². The SMILES string of the molecule is CC(NC(=O)Cc1ccccc1CN)C1CCCO1. The highest BCUT2D eigenvalue weighted by Gasteiger charge is 2.23. The lowest BCUT2D eigenvalue weighted by molar-refractivity contribution is -0.121. The second-order valence-electron chi connectivity index (χ2n) is 5.06. The molecular weight excluding hydrogens is 240 g/mol. The van der Waals surface area contributed by atoms with E-state index in [0.29, 0.717) is 13.0 Å². The molecule has 0 spiro atoms. The van der Waals surface area contributed by atoms with Crippen molar-refractivity contribution < 1.29 is 9.53 Å². The van der Waals surface area contributed by atoms with E-state index in [-0.39, 0.29) is 18.1 Å². The Hall–Kier alpha value is -1.39. The number of nitrogens with two attached hydrogens (primary N) is 1. The third-order valence-corrected chi connectivity index (χ3v) is 3.60. The summed E-state index contributed by atoms with van der Waals surface area (Å²) in [5.74, 6) is 0.0314. The number of ether oxygens (including phenoxy) is 1. The fourth-order valence-corrected chi connectivity index (χ4v) is 2.50. The van der Waals surface area contributed by atoms with Crippen LogP contribution in [-0.2, 0) is 22.5 Å². The predicted octanol–water partition coefficient (Wildman–Crippen LogP) is 1.37. The summed E-state index contributed by atoms with van der Waals surface area (Å²) in [6.07, 6.45) is 2.65. The lowest BCUT2D eigenvalue weighted by atomic mass is 10.0. The summed E-state index contributed by atoms with van der Waals surface area (Å²) in [6, 6.07) is 7.87. The van der Waals surface area contributed by atoms with Gasteiger partial charge in [-0.15, -0.1) is 0 Å². The van der Waals surface area contributed by atoms with Crippen molar-refractivity contribution in [3.05, 3.63) is 35.4 Å². The van der Waals surface area contributed by atoms with E-state index in [1.54, 1.807) is 0 Å². The molecule has 19 heavy (non-hydrogen) atoms. The average Bonchev–Trinajstić information content (AvgIpc) is 2.93. The van der Waals surface area contributed by atoms with Gasteiger partial charge in [0.1, 0.15) is 0 Å². The number of carbonyl (C=O) groups is 1. The van der Waals surface area contributed by atoms with Crippen molar-refractivity contribution in [2.45, 2.75) is 44.9 Å². The number of hydrogen-bond donors (Lipinski definition) is 2. The van der Waals surface area contributed by atoms with Gasteiger partial charge in [0.2, 0.25) is 5.91 Å². The summed E-state index contributed by atoms with van der Waals surface area (Å²) >= 11 is 0. The fraction of sp³-hybridized carbons (Fsp3) is 0.533. The molecule has 4 heteroatoms. The van der Waals surface area contributed by atoms with Crippen molar-refractivity contribution in [2.75, 3.05) is 6.61 Å². The van der Waals surface area contributed by atoms with E-state index in [4.69, 9.17) is 10.5 Å². The third kappa shape index (κ3) is 3.78. The van der Waals surface area contributed by atoms with E-state index in [1.165, 1.54) is 0 Å². The van der Waals surface area contributed by atoms with Crippen LogP contribution in [0.4, 0.5) is 0 Å². The summed E-state index contributed by atoms with van der Waals surface area (Å²) in [5.41, 5.74) is 7.71. The second kappa shape index (κ2) is 6.68. The molecule has 1 amide bonds. The van der Waals surface area contributed by atoms with E-state index in [9.17, 15) is 4.79 Å². The van der Waals surface area contributed by atoms with Crippen LogP contribution >= 0.6 is 0 Å². The molecule has 0 radical (unpaired) electrons. The molecule has 0 saturated carbocycles. The third-order valence-electron chi connectivity index (χ3n) is 3.60. The maximum atomic E-state index is 12.0. The average molecular weight is 262 g/mol. The second-order valence-corrected chi connectivity index (χ2v) is 5.06. The van der Waals surface area contributed by atoms with Crippen LogP contribution in [-0.4, -0.2) is 24.7 Å². The van der Waals surface area contributed by atoms with Gasteiger partial charge < -0.3 is 15.8 Å². The van der Waals surface area contributed by atoms with Crippen LogP contribution in [0, 0.1) is 0 Å². The number of benzene rings is 1. The van der Waals surface area contributed by atoms with Crippen molar-refractivity contribution in [3.8, 4) is 0 Å². The maximum Gasteiger partial charge on any atom is 0.224 e. The largest absolute Gasteiger partial charge is 0.376 e. The maximum absolute atomic E-state index is 12.0. The summed E-state index contributed by atoms with van der Waals surface area (Å²) in [4.78, 5) is 12.0. The molecule has 1 heterocycles. The van der Waals surface area contributed by atoms with Crippen molar-refractivity contribution in [1.29, 1.82) is 0 Å².